The summed E-state index contributed by atoms with van der Waals surface area (Å²) < 4.78 is 0. The summed E-state index contributed by atoms with van der Waals surface area (Å²) in [6.07, 6.45) is 14.9. The maximum Gasteiger partial charge on any atom is 0.00946 e. The molecule has 1 nitrogen and oxygen atoms in total. The maximum absolute atomic E-state index is 8.28. The van der Waals surface area contributed by atoms with Crippen LogP contribution in [0.3, 0.4) is 0 Å². The average Bonchev–Trinajstić information content (AvgIpc) is 2.88. The smallest absolute Gasteiger partial charge is 0.00946 e. The summed E-state index contributed by atoms with van der Waals surface area (Å²) in [5.41, 5.74) is 3.39. The van der Waals surface area contributed by atoms with Gasteiger partial charge < -0.3 is 5.41 Å². The van der Waals surface area contributed by atoms with E-state index in [9.17, 15) is 0 Å². The van der Waals surface area contributed by atoms with Crippen LogP contribution in [-0.2, 0) is 0 Å². The minimum atomic E-state index is 0.380. The molecule has 0 heterocycles. The Kier molecular flexibility index (Phi) is 4.84. The van der Waals surface area contributed by atoms with Gasteiger partial charge in [0, 0.05) is 11.6 Å². The monoisotopic (exact) mass is 327 g/mol. The van der Waals surface area contributed by atoms with Crippen LogP contribution < -0.4 is 0 Å². The van der Waals surface area contributed by atoms with E-state index in [1.807, 2.05) is 6.08 Å². The predicted octanol–water partition coefficient (Wildman–Crippen LogP) is 6.80. The molecule has 0 bridgehead atoms. The zero-order valence-corrected chi connectivity index (χ0v) is 16.3. The third-order valence-electron chi connectivity index (χ3n) is 8.35. The van der Waals surface area contributed by atoms with E-state index in [2.05, 4.69) is 40.3 Å². The van der Waals surface area contributed by atoms with E-state index in [0.29, 0.717) is 16.7 Å². The standard InChI is InChI=1S/C23H37N/c1-6-8-17-9-10-18-20-12-11-19(16(3)24)23(20,5)15-13-21(18)22(17,4)14-7-2/h6,8,18-21,24H,1,7,9-15H2,2-5H3/b17-8-,24-16?. The van der Waals surface area contributed by atoms with Crippen LogP contribution >= 0.6 is 0 Å². The van der Waals surface area contributed by atoms with Gasteiger partial charge in [-0.2, -0.15) is 0 Å². The molecule has 134 valence electrons. The molecule has 3 aliphatic carbocycles. The highest BCUT2D eigenvalue weighted by atomic mass is 14.6. The average molecular weight is 328 g/mol. The van der Waals surface area contributed by atoms with Crippen molar-refractivity contribution in [3.63, 3.8) is 0 Å². The van der Waals surface area contributed by atoms with Crippen molar-refractivity contribution in [3.05, 3.63) is 24.3 Å². The van der Waals surface area contributed by atoms with E-state index in [1.54, 1.807) is 5.57 Å². The highest BCUT2D eigenvalue weighted by Crippen LogP contribution is 2.66. The van der Waals surface area contributed by atoms with E-state index in [-0.39, 0.29) is 0 Å². The van der Waals surface area contributed by atoms with Crippen LogP contribution in [0.25, 0.3) is 0 Å². The number of allylic oxidation sites excluding steroid dienone is 3. The molecule has 0 aromatic carbocycles. The maximum atomic E-state index is 8.28. The summed E-state index contributed by atoms with van der Waals surface area (Å²) in [5, 5.41) is 8.28. The molecule has 0 aromatic rings. The van der Waals surface area contributed by atoms with Gasteiger partial charge in [-0.05, 0) is 80.5 Å². The second-order valence-corrected chi connectivity index (χ2v) is 9.37. The molecule has 0 amide bonds. The van der Waals surface area contributed by atoms with Crippen LogP contribution in [0.1, 0.15) is 79.1 Å². The quantitative estimate of drug-likeness (QED) is 0.549. The molecule has 3 saturated carbocycles. The van der Waals surface area contributed by atoms with Crippen LogP contribution in [0.2, 0.25) is 0 Å². The zero-order chi connectivity index (χ0) is 17.5. The van der Waals surface area contributed by atoms with Gasteiger partial charge in [0.05, 0.1) is 0 Å². The molecule has 0 aromatic heterocycles. The first-order valence-electron chi connectivity index (χ1n) is 10.3. The van der Waals surface area contributed by atoms with Gasteiger partial charge in [-0.1, -0.05) is 51.5 Å². The number of hydrogen-bond acceptors (Lipinski definition) is 1. The SMILES string of the molecule is C=C/C=C1/CCC2C(CCC3(C)C(C(C)=N)CCC23)C1(C)CCC. The van der Waals surface area contributed by atoms with Gasteiger partial charge in [0.1, 0.15) is 0 Å². The van der Waals surface area contributed by atoms with Crippen molar-refractivity contribution < 1.29 is 0 Å². The fourth-order valence-corrected chi connectivity index (χ4v) is 7.32. The van der Waals surface area contributed by atoms with Crippen molar-refractivity contribution >= 4 is 5.71 Å². The molecule has 1 heteroatoms. The Morgan fingerprint density at radius 1 is 1.21 bits per heavy atom. The lowest BCUT2D eigenvalue weighted by atomic mass is 9.47. The van der Waals surface area contributed by atoms with Crippen molar-refractivity contribution in [2.24, 2.45) is 34.5 Å². The van der Waals surface area contributed by atoms with Gasteiger partial charge >= 0.3 is 0 Å². The summed E-state index contributed by atoms with van der Waals surface area (Å²) >= 11 is 0. The van der Waals surface area contributed by atoms with Gasteiger partial charge in [0.25, 0.3) is 0 Å². The number of fused-ring (bicyclic) bond motifs is 3. The van der Waals surface area contributed by atoms with E-state index in [1.165, 1.54) is 51.4 Å². The van der Waals surface area contributed by atoms with E-state index in [0.717, 1.165) is 23.5 Å². The topological polar surface area (TPSA) is 23.9 Å². The van der Waals surface area contributed by atoms with Gasteiger partial charge in [-0.3, -0.25) is 0 Å². The fraction of sp³-hybridized carbons (Fsp3) is 0.783. The molecule has 3 aliphatic rings. The van der Waals surface area contributed by atoms with Gasteiger partial charge in [0.15, 0.2) is 0 Å². The molecule has 1 N–H and O–H groups in total. The van der Waals surface area contributed by atoms with Crippen molar-refractivity contribution in [3.8, 4) is 0 Å². The minimum absolute atomic E-state index is 0.380. The molecule has 3 fully saturated rings. The Labute approximate surface area is 149 Å². The third-order valence-corrected chi connectivity index (χ3v) is 8.35. The zero-order valence-electron chi connectivity index (χ0n) is 16.3. The second kappa shape index (κ2) is 6.46. The van der Waals surface area contributed by atoms with Crippen LogP contribution in [0.4, 0.5) is 0 Å². The number of hydrogen-bond donors (Lipinski definition) is 1. The summed E-state index contributed by atoms with van der Waals surface area (Å²) in [6.45, 7) is 13.5. The first kappa shape index (κ1) is 18.0. The lowest BCUT2D eigenvalue weighted by molar-refractivity contribution is -0.0408. The molecule has 6 atom stereocenters. The molecule has 3 rings (SSSR count). The Balaban J connectivity index is 1.93. The largest absolute Gasteiger partial charge is 0.310 e. The Morgan fingerprint density at radius 2 is 1.96 bits per heavy atom. The van der Waals surface area contributed by atoms with Crippen molar-refractivity contribution in [2.45, 2.75) is 79.1 Å². The lowest BCUT2D eigenvalue weighted by Gasteiger charge is -2.57. The van der Waals surface area contributed by atoms with Crippen LogP contribution in [0, 0.1) is 39.9 Å². The molecular weight excluding hydrogens is 290 g/mol. The van der Waals surface area contributed by atoms with E-state index in [4.69, 9.17) is 5.41 Å². The van der Waals surface area contributed by atoms with E-state index >= 15 is 0 Å². The van der Waals surface area contributed by atoms with Crippen LogP contribution in [-0.4, -0.2) is 5.71 Å². The Hall–Kier alpha value is -0.850. The Bertz CT molecular complexity index is 544. The first-order chi connectivity index (χ1) is 11.4. The number of rotatable bonds is 4. The highest BCUT2D eigenvalue weighted by Gasteiger charge is 2.58. The summed E-state index contributed by atoms with van der Waals surface area (Å²) in [6, 6.07) is 0. The first-order valence-corrected chi connectivity index (χ1v) is 10.3. The van der Waals surface area contributed by atoms with Gasteiger partial charge in [-0.25, -0.2) is 0 Å². The Morgan fingerprint density at radius 3 is 2.58 bits per heavy atom. The summed E-state index contributed by atoms with van der Waals surface area (Å²) in [7, 11) is 0. The van der Waals surface area contributed by atoms with Crippen molar-refractivity contribution in [2.75, 3.05) is 0 Å². The molecule has 0 aliphatic heterocycles. The number of nitrogens with one attached hydrogen (secondary N) is 1. The summed E-state index contributed by atoms with van der Waals surface area (Å²) in [5.74, 6) is 3.13. The predicted molar refractivity (Wildman–Crippen MR) is 104 cm³/mol. The lowest BCUT2D eigenvalue weighted by Crippen LogP contribution is -2.50. The van der Waals surface area contributed by atoms with Crippen molar-refractivity contribution in [1.29, 1.82) is 5.41 Å². The van der Waals surface area contributed by atoms with Crippen LogP contribution in [0.5, 0.6) is 0 Å². The van der Waals surface area contributed by atoms with Gasteiger partial charge in [0.2, 0.25) is 0 Å². The summed E-state index contributed by atoms with van der Waals surface area (Å²) in [4.78, 5) is 0. The third kappa shape index (κ3) is 2.54. The fourth-order valence-electron chi connectivity index (χ4n) is 7.32. The highest BCUT2D eigenvalue weighted by molar-refractivity contribution is 5.82. The van der Waals surface area contributed by atoms with Gasteiger partial charge in [-0.15, -0.1) is 0 Å². The second-order valence-electron chi connectivity index (χ2n) is 9.37. The molecule has 0 saturated heterocycles. The van der Waals surface area contributed by atoms with E-state index < -0.39 is 0 Å². The molecule has 24 heavy (non-hydrogen) atoms. The normalized spacial score (nSPS) is 46.4. The molecular formula is C23H37N. The van der Waals surface area contributed by atoms with Crippen molar-refractivity contribution in [1.82, 2.24) is 0 Å². The molecule has 0 radical (unpaired) electrons. The minimum Gasteiger partial charge on any atom is -0.310 e. The molecule has 6 unspecified atom stereocenters. The van der Waals surface area contributed by atoms with Crippen LogP contribution in [0.15, 0.2) is 24.3 Å². The molecule has 0 spiro atoms.